The Labute approximate surface area is 81.0 Å². The number of hydrogen-bond acceptors (Lipinski definition) is 4. The summed E-state index contributed by atoms with van der Waals surface area (Å²) in [6.45, 7) is 0. The molecule has 0 saturated carbocycles. The van der Waals surface area contributed by atoms with Crippen molar-refractivity contribution in [3.05, 3.63) is 17.7 Å². The summed E-state index contributed by atoms with van der Waals surface area (Å²) in [7, 11) is 2.84. The zero-order chi connectivity index (χ0) is 10.7. The molecular weight excluding hydrogens is 186 g/mol. The second-order valence-corrected chi connectivity index (χ2v) is 2.60. The normalized spacial score (nSPS) is 9.57. The lowest BCUT2D eigenvalue weighted by Crippen LogP contribution is -2.03. The van der Waals surface area contributed by atoms with E-state index in [9.17, 15) is 4.79 Å². The highest BCUT2D eigenvalue weighted by Crippen LogP contribution is 2.30. The molecule has 0 aromatic heterocycles. The quantitative estimate of drug-likeness (QED) is 0.706. The molecule has 0 heterocycles. The van der Waals surface area contributed by atoms with Gasteiger partial charge in [0.2, 0.25) is 0 Å². The van der Waals surface area contributed by atoms with Gasteiger partial charge >= 0.3 is 5.97 Å². The van der Waals surface area contributed by atoms with Gasteiger partial charge in [-0.15, -0.1) is 0 Å². The van der Waals surface area contributed by atoms with E-state index in [0.29, 0.717) is 5.75 Å². The molecule has 0 fully saturated rings. The van der Waals surface area contributed by atoms with Gasteiger partial charge in [0.25, 0.3) is 0 Å². The van der Waals surface area contributed by atoms with Crippen molar-refractivity contribution in [3.63, 3.8) is 0 Å². The van der Waals surface area contributed by atoms with E-state index < -0.39 is 5.97 Å². The van der Waals surface area contributed by atoms with Crippen molar-refractivity contribution in [3.8, 4) is 11.5 Å². The average Bonchev–Trinajstić information content (AvgIpc) is 2.17. The Kier molecular flexibility index (Phi) is 2.81. The molecular formula is C9H11NO4. The maximum atomic E-state index is 10.8. The molecule has 5 nitrogen and oxygen atoms in total. The smallest absolute Gasteiger partial charge is 0.339 e. The van der Waals surface area contributed by atoms with Crippen molar-refractivity contribution >= 4 is 11.7 Å². The number of ether oxygens (including phenoxy) is 2. The van der Waals surface area contributed by atoms with E-state index in [1.807, 2.05) is 0 Å². The molecule has 3 N–H and O–H groups in total. The van der Waals surface area contributed by atoms with Crippen LogP contribution in [0.15, 0.2) is 12.1 Å². The molecule has 5 heteroatoms. The van der Waals surface area contributed by atoms with Crippen molar-refractivity contribution < 1.29 is 19.4 Å². The van der Waals surface area contributed by atoms with E-state index in [1.165, 1.54) is 26.4 Å². The van der Waals surface area contributed by atoms with Crippen molar-refractivity contribution in [1.29, 1.82) is 0 Å². The Hall–Kier alpha value is -1.91. The second-order valence-electron chi connectivity index (χ2n) is 2.60. The van der Waals surface area contributed by atoms with Gasteiger partial charge in [-0.2, -0.15) is 0 Å². The van der Waals surface area contributed by atoms with Gasteiger partial charge in [-0.05, 0) is 6.07 Å². The fourth-order valence-corrected chi connectivity index (χ4v) is 1.09. The Morgan fingerprint density at radius 1 is 1.29 bits per heavy atom. The number of hydrogen-bond donors (Lipinski definition) is 2. The number of anilines is 1. The Morgan fingerprint density at radius 2 is 1.86 bits per heavy atom. The van der Waals surface area contributed by atoms with Crippen molar-refractivity contribution in [2.24, 2.45) is 0 Å². The monoisotopic (exact) mass is 197 g/mol. The number of carboxylic acid groups (broad SMARTS) is 1. The van der Waals surface area contributed by atoms with Gasteiger partial charge in [-0.25, -0.2) is 4.79 Å². The zero-order valence-electron chi connectivity index (χ0n) is 7.90. The molecule has 1 aromatic rings. The van der Waals surface area contributed by atoms with Crippen LogP contribution in [-0.2, 0) is 0 Å². The number of rotatable bonds is 3. The van der Waals surface area contributed by atoms with E-state index in [0.717, 1.165) is 0 Å². The van der Waals surface area contributed by atoms with Crippen molar-refractivity contribution in [1.82, 2.24) is 0 Å². The first-order valence-corrected chi connectivity index (χ1v) is 3.85. The van der Waals surface area contributed by atoms with Gasteiger partial charge in [-0.1, -0.05) is 0 Å². The van der Waals surface area contributed by atoms with E-state index in [1.54, 1.807) is 0 Å². The minimum atomic E-state index is -1.09. The lowest BCUT2D eigenvalue weighted by Gasteiger charge is -2.09. The van der Waals surface area contributed by atoms with Crippen LogP contribution in [0.5, 0.6) is 11.5 Å². The predicted octanol–water partition coefficient (Wildman–Crippen LogP) is 0.984. The highest BCUT2D eigenvalue weighted by molar-refractivity contribution is 5.92. The number of carboxylic acids is 1. The summed E-state index contributed by atoms with van der Waals surface area (Å²) in [4.78, 5) is 10.8. The SMILES string of the molecule is COc1cc(OC)c(C(=O)O)cc1N. The summed E-state index contributed by atoms with van der Waals surface area (Å²) in [5.41, 5.74) is 5.84. The number of nitrogens with two attached hydrogens (primary N) is 1. The van der Waals surface area contributed by atoms with Crippen molar-refractivity contribution in [2.75, 3.05) is 20.0 Å². The van der Waals surface area contributed by atoms with Gasteiger partial charge in [0, 0.05) is 6.07 Å². The summed E-state index contributed by atoms with van der Waals surface area (Å²) in [5, 5.41) is 8.81. The first-order chi connectivity index (χ1) is 6.60. The van der Waals surface area contributed by atoms with E-state index >= 15 is 0 Å². The number of carbonyl (C=O) groups is 1. The summed E-state index contributed by atoms with van der Waals surface area (Å²) in [5.74, 6) is -0.466. The van der Waals surface area contributed by atoms with Gasteiger partial charge in [0.1, 0.15) is 17.1 Å². The van der Waals surface area contributed by atoms with Crippen LogP contribution in [0, 0.1) is 0 Å². The molecule has 0 aliphatic carbocycles. The minimum absolute atomic E-state index is 0.0193. The molecule has 76 valence electrons. The second kappa shape index (κ2) is 3.87. The minimum Gasteiger partial charge on any atom is -0.496 e. The third-order valence-electron chi connectivity index (χ3n) is 1.78. The molecule has 0 aliphatic heterocycles. The molecule has 1 rings (SSSR count). The van der Waals surface area contributed by atoms with Gasteiger partial charge in [-0.3, -0.25) is 0 Å². The molecule has 0 saturated heterocycles. The molecule has 0 atom stereocenters. The Bertz CT molecular complexity index is 362. The van der Waals surface area contributed by atoms with Gasteiger partial charge in [0.15, 0.2) is 0 Å². The third-order valence-corrected chi connectivity index (χ3v) is 1.78. The summed E-state index contributed by atoms with van der Waals surface area (Å²) >= 11 is 0. The standard InChI is InChI=1S/C9H11NO4/c1-13-7-4-8(14-2)6(10)3-5(7)9(11)12/h3-4H,10H2,1-2H3,(H,11,12). The van der Waals surface area contributed by atoms with Gasteiger partial charge in [0.05, 0.1) is 19.9 Å². The highest BCUT2D eigenvalue weighted by Gasteiger charge is 2.14. The molecule has 0 bridgehead atoms. The van der Waals surface area contributed by atoms with Crippen molar-refractivity contribution in [2.45, 2.75) is 0 Å². The molecule has 0 unspecified atom stereocenters. The molecule has 1 aromatic carbocycles. The molecule has 0 spiro atoms. The summed E-state index contributed by atoms with van der Waals surface area (Å²) in [6.07, 6.45) is 0. The third kappa shape index (κ3) is 1.71. The largest absolute Gasteiger partial charge is 0.496 e. The predicted molar refractivity (Wildman–Crippen MR) is 50.9 cm³/mol. The molecule has 0 radical (unpaired) electrons. The Morgan fingerprint density at radius 3 is 2.29 bits per heavy atom. The number of benzene rings is 1. The Balaban J connectivity index is 3.31. The maximum absolute atomic E-state index is 10.8. The van der Waals surface area contributed by atoms with Crippen LogP contribution < -0.4 is 15.2 Å². The lowest BCUT2D eigenvalue weighted by atomic mass is 10.1. The first kappa shape index (κ1) is 10.2. The van der Waals surface area contributed by atoms with E-state index in [4.69, 9.17) is 20.3 Å². The number of methoxy groups -OCH3 is 2. The van der Waals surface area contributed by atoms with Crippen LogP contribution in [0.25, 0.3) is 0 Å². The fraction of sp³-hybridized carbons (Fsp3) is 0.222. The molecule has 0 amide bonds. The number of nitrogen functional groups attached to an aromatic ring is 1. The maximum Gasteiger partial charge on any atom is 0.339 e. The molecule has 0 aliphatic rings. The van der Waals surface area contributed by atoms with Crippen LogP contribution in [0.4, 0.5) is 5.69 Å². The highest BCUT2D eigenvalue weighted by atomic mass is 16.5. The van der Waals surface area contributed by atoms with Crippen LogP contribution in [0.3, 0.4) is 0 Å². The zero-order valence-corrected chi connectivity index (χ0v) is 7.90. The average molecular weight is 197 g/mol. The lowest BCUT2D eigenvalue weighted by molar-refractivity contribution is 0.0693. The summed E-state index contributed by atoms with van der Waals surface area (Å²) < 4.78 is 9.81. The van der Waals surface area contributed by atoms with Crippen LogP contribution in [0.2, 0.25) is 0 Å². The fourth-order valence-electron chi connectivity index (χ4n) is 1.09. The van der Waals surface area contributed by atoms with E-state index in [-0.39, 0.29) is 17.0 Å². The topological polar surface area (TPSA) is 81.8 Å². The van der Waals surface area contributed by atoms with Crippen LogP contribution in [-0.4, -0.2) is 25.3 Å². The summed E-state index contributed by atoms with van der Waals surface area (Å²) in [6, 6.07) is 2.75. The van der Waals surface area contributed by atoms with Gasteiger partial charge < -0.3 is 20.3 Å². The first-order valence-electron chi connectivity index (χ1n) is 3.85. The van der Waals surface area contributed by atoms with E-state index in [2.05, 4.69) is 0 Å². The molecule has 14 heavy (non-hydrogen) atoms. The number of aromatic carboxylic acids is 1. The van der Waals surface area contributed by atoms with Crippen LogP contribution >= 0.6 is 0 Å². The van der Waals surface area contributed by atoms with Crippen LogP contribution in [0.1, 0.15) is 10.4 Å².